The molecule has 2 atom stereocenters. The van der Waals surface area contributed by atoms with Gasteiger partial charge in [-0.15, -0.1) is 0 Å². The maximum Gasteiger partial charge on any atom is 0.588 e. The molecule has 4 rings (SSSR count). The van der Waals surface area contributed by atoms with E-state index in [0.29, 0.717) is 5.56 Å². The average molecular weight is 552 g/mol. The van der Waals surface area contributed by atoms with Crippen molar-refractivity contribution < 1.29 is 32.5 Å². The van der Waals surface area contributed by atoms with Gasteiger partial charge in [-0.05, 0) is 48.9 Å². The fourth-order valence-electron chi connectivity index (χ4n) is 3.48. The van der Waals surface area contributed by atoms with Gasteiger partial charge in [0.05, 0.1) is 0 Å². The first-order valence-electron chi connectivity index (χ1n) is 11.6. The van der Waals surface area contributed by atoms with Gasteiger partial charge in [-0.25, -0.2) is 9.36 Å². The predicted molar refractivity (Wildman–Crippen MR) is 144 cm³/mol. The highest BCUT2D eigenvalue weighted by atomic mass is 32.1. The Morgan fingerprint density at radius 3 is 1.82 bits per heavy atom. The number of carbonyl (C=O) groups is 1. The number of aromatic nitrogens is 1. The van der Waals surface area contributed by atoms with Crippen LogP contribution in [0, 0.1) is 4.64 Å². The summed E-state index contributed by atoms with van der Waals surface area (Å²) < 4.78 is 39.1. The molecule has 0 aliphatic carbocycles. The Morgan fingerprint density at radius 1 is 0.816 bits per heavy atom. The summed E-state index contributed by atoms with van der Waals surface area (Å²) in [6.07, 6.45) is 0.203. The number of carbonyl (C=O) groups excluding carboxylic acids is 1. The number of ether oxygens (including phenoxy) is 1. The molecular formula is C28H26NO7PS. The largest absolute Gasteiger partial charge is 0.588 e. The van der Waals surface area contributed by atoms with E-state index >= 15 is 0 Å². The zero-order valence-electron chi connectivity index (χ0n) is 20.7. The second-order valence-corrected chi connectivity index (χ2v) is 10.1. The SMILES string of the molecule is COC(C)(C(=O)On1ccccc1=S)C(OP(=O)(Oc1ccccc1)Oc1ccccc1)c1ccccc1. The lowest BCUT2D eigenvalue weighted by Gasteiger charge is -2.35. The van der Waals surface area contributed by atoms with Crippen molar-refractivity contribution in [3.63, 3.8) is 0 Å². The van der Waals surface area contributed by atoms with Gasteiger partial charge in [0.25, 0.3) is 0 Å². The van der Waals surface area contributed by atoms with Crippen molar-refractivity contribution in [2.24, 2.45) is 0 Å². The Balaban J connectivity index is 1.76. The maximum absolute atomic E-state index is 14.2. The third kappa shape index (κ3) is 6.57. The molecule has 4 aromatic rings. The van der Waals surface area contributed by atoms with E-state index in [4.69, 9.17) is 35.4 Å². The second kappa shape index (κ2) is 12.2. The number of hydrogen-bond donors (Lipinski definition) is 0. The molecule has 0 amide bonds. The molecule has 0 fully saturated rings. The van der Waals surface area contributed by atoms with Crippen LogP contribution in [0.5, 0.6) is 11.5 Å². The molecule has 2 unspecified atom stereocenters. The number of phosphoric ester groups is 1. The quantitative estimate of drug-likeness (QED) is 0.152. The summed E-state index contributed by atoms with van der Waals surface area (Å²) in [4.78, 5) is 19.1. The zero-order valence-corrected chi connectivity index (χ0v) is 22.4. The standard InChI is InChI=1S/C28H26NO7PS/c1-28(32-2,27(30)33-29-21-13-12-20-25(29)38)26(22-14-6-3-7-15-22)36-37(31,34-23-16-8-4-9-17-23)35-24-18-10-5-11-19-24/h3-21,26H,1-2H3. The van der Waals surface area contributed by atoms with E-state index in [0.717, 1.165) is 4.73 Å². The van der Waals surface area contributed by atoms with Gasteiger partial charge in [0.2, 0.25) is 0 Å². The molecule has 8 nitrogen and oxygen atoms in total. The molecule has 0 saturated carbocycles. The zero-order chi connectivity index (χ0) is 27.0. The van der Waals surface area contributed by atoms with Crippen LogP contribution in [-0.2, 0) is 18.6 Å². The summed E-state index contributed by atoms with van der Waals surface area (Å²) in [5.41, 5.74) is -1.35. The van der Waals surface area contributed by atoms with Crippen LogP contribution in [0.2, 0.25) is 0 Å². The van der Waals surface area contributed by atoms with Crippen LogP contribution in [0.25, 0.3) is 0 Å². The number of para-hydroxylation sites is 2. The van der Waals surface area contributed by atoms with Gasteiger partial charge in [0.1, 0.15) is 22.2 Å². The van der Waals surface area contributed by atoms with Crippen LogP contribution in [0.4, 0.5) is 0 Å². The first-order valence-corrected chi connectivity index (χ1v) is 13.5. The number of methoxy groups -OCH3 is 1. The van der Waals surface area contributed by atoms with Gasteiger partial charge in [-0.2, -0.15) is 4.73 Å². The Kier molecular flexibility index (Phi) is 8.76. The van der Waals surface area contributed by atoms with Crippen molar-refractivity contribution >= 4 is 26.0 Å². The van der Waals surface area contributed by atoms with E-state index in [2.05, 4.69) is 0 Å². The van der Waals surface area contributed by atoms with E-state index in [-0.39, 0.29) is 16.1 Å². The summed E-state index contributed by atoms with van der Waals surface area (Å²) >= 11 is 5.25. The number of pyridine rings is 1. The van der Waals surface area contributed by atoms with Gasteiger partial charge in [-0.3, -0.25) is 4.52 Å². The van der Waals surface area contributed by atoms with Crippen molar-refractivity contribution in [1.82, 2.24) is 4.73 Å². The van der Waals surface area contributed by atoms with E-state index in [1.165, 1.54) is 20.2 Å². The summed E-state index contributed by atoms with van der Waals surface area (Å²) in [6.45, 7) is 1.47. The summed E-state index contributed by atoms with van der Waals surface area (Å²) in [7, 11) is -3.12. The predicted octanol–water partition coefficient (Wildman–Crippen LogP) is 6.60. The lowest BCUT2D eigenvalue weighted by molar-refractivity contribution is -0.180. The topological polar surface area (TPSA) is 85.2 Å². The Labute approximate surface area is 225 Å². The minimum absolute atomic E-state index is 0.246. The summed E-state index contributed by atoms with van der Waals surface area (Å²) in [6, 6.07) is 30.6. The molecule has 0 aliphatic heterocycles. The van der Waals surface area contributed by atoms with Crippen LogP contribution in [0.1, 0.15) is 18.6 Å². The number of benzene rings is 3. The monoisotopic (exact) mass is 551 g/mol. The highest BCUT2D eigenvalue weighted by Gasteiger charge is 2.51. The number of hydrogen-bond acceptors (Lipinski definition) is 8. The highest BCUT2D eigenvalue weighted by molar-refractivity contribution is 7.71. The molecule has 0 radical (unpaired) electrons. The van der Waals surface area contributed by atoms with Crippen LogP contribution in [0.3, 0.4) is 0 Å². The highest BCUT2D eigenvalue weighted by Crippen LogP contribution is 2.55. The van der Waals surface area contributed by atoms with Crippen LogP contribution < -0.4 is 13.9 Å². The number of phosphoric acid groups is 1. The lowest BCUT2D eigenvalue weighted by Crippen LogP contribution is -2.49. The third-order valence-corrected chi connectivity index (χ3v) is 7.21. The van der Waals surface area contributed by atoms with Gasteiger partial charge in [0, 0.05) is 13.3 Å². The second-order valence-electron chi connectivity index (χ2n) is 8.21. The van der Waals surface area contributed by atoms with Crippen LogP contribution in [-0.4, -0.2) is 23.4 Å². The lowest BCUT2D eigenvalue weighted by atomic mass is 9.93. The molecule has 3 aromatic carbocycles. The van der Waals surface area contributed by atoms with E-state index in [9.17, 15) is 9.36 Å². The minimum Gasteiger partial charge on any atom is -0.395 e. The first kappa shape index (κ1) is 27.3. The fourth-order valence-corrected chi connectivity index (χ4v) is 5.13. The van der Waals surface area contributed by atoms with Gasteiger partial charge >= 0.3 is 13.8 Å². The molecule has 38 heavy (non-hydrogen) atoms. The molecule has 0 N–H and O–H groups in total. The first-order chi connectivity index (χ1) is 18.3. The van der Waals surface area contributed by atoms with E-state index in [1.807, 2.05) is 0 Å². The van der Waals surface area contributed by atoms with E-state index < -0.39 is 25.5 Å². The van der Waals surface area contributed by atoms with Crippen molar-refractivity contribution in [1.29, 1.82) is 0 Å². The normalized spacial score (nSPS) is 13.6. The van der Waals surface area contributed by atoms with Crippen LogP contribution >= 0.6 is 20.0 Å². The molecule has 10 heteroatoms. The molecule has 0 spiro atoms. The van der Waals surface area contributed by atoms with Crippen molar-refractivity contribution in [2.45, 2.75) is 18.6 Å². The number of rotatable bonds is 11. The van der Waals surface area contributed by atoms with Crippen molar-refractivity contribution in [3.05, 3.63) is 126 Å². The molecular weight excluding hydrogens is 525 g/mol. The molecule has 0 aliphatic rings. The number of nitrogens with zero attached hydrogens (tertiary/aromatic N) is 1. The Bertz CT molecular complexity index is 1400. The molecule has 196 valence electrons. The van der Waals surface area contributed by atoms with E-state index in [1.54, 1.807) is 109 Å². The smallest absolute Gasteiger partial charge is 0.395 e. The Hall–Kier alpha value is -3.75. The molecule has 1 aromatic heterocycles. The van der Waals surface area contributed by atoms with Gasteiger partial charge in [0.15, 0.2) is 5.60 Å². The van der Waals surface area contributed by atoms with Crippen molar-refractivity contribution in [3.8, 4) is 11.5 Å². The molecule has 0 bridgehead atoms. The van der Waals surface area contributed by atoms with Crippen LogP contribution in [0.15, 0.2) is 115 Å². The summed E-state index contributed by atoms with van der Waals surface area (Å²) in [5, 5.41) is 0. The van der Waals surface area contributed by atoms with Gasteiger partial charge in [-0.1, -0.05) is 85.0 Å². The average Bonchev–Trinajstić information content (AvgIpc) is 2.94. The Morgan fingerprint density at radius 2 is 1.32 bits per heavy atom. The molecule has 0 saturated heterocycles. The third-order valence-electron chi connectivity index (χ3n) is 5.56. The summed E-state index contributed by atoms with van der Waals surface area (Å²) in [5.74, 6) is -0.353. The minimum atomic E-state index is -4.44. The maximum atomic E-state index is 14.2. The fraction of sp³-hybridized carbons (Fsp3) is 0.143. The van der Waals surface area contributed by atoms with Crippen molar-refractivity contribution in [2.75, 3.05) is 7.11 Å². The van der Waals surface area contributed by atoms with Gasteiger partial charge < -0.3 is 18.6 Å². The molecule has 1 heterocycles.